The number of hydrogen-bond donors (Lipinski definition) is 2. The minimum absolute atomic E-state index is 0.116. The van der Waals surface area contributed by atoms with Crippen molar-refractivity contribution in [2.75, 3.05) is 13.2 Å². The Morgan fingerprint density at radius 2 is 2.00 bits per heavy atom. The second kappa shape index (κ2) is 10.9. The van der Waals surface area contributed by atoms with Crippen LogP contribution in [0.2, 0.25) is 0 Å². The summed E-state index contributed by atoms with van der Waals surface area (Å²) in [5, 5.41) is 21.6. The van der Waals surface area contributed by atoms with Crippen molar-refractivity contribution in [3.8, 4) is 11.8 Å². The molecule has 0 fully saturated rings. The number of amides is 1. The minimum atomic E-state index is -0.244. The van der Waals surface area contributed by atoms with Crippen LogP contribution in [0.1, 0.15) is 58.7 Å². The Labute approximate surface area is 222 Å². The van der Waals surface area contributed by atoms with E-state index in [1.165, 1.54) is 0 Å². The molecule has 7 nitrogen and oxygen atoms in total. The van der Waals surface area contributed by atoms with E-state index in [-0.39, 0.29) is 19.1 Å². The zero-order valence-corrected chi connectivity index (χ0v) is 21.6. The van der Waals surface area contributed by atoms with E-state index in [0.717, 1.165) is 57.8 Å². The van der Waals surface area contributed by atoms with E-state index in [9.17, 15) is 10.1 Å². The molecule has 3 aromatic carbocycles. The van der Waals surface area contributed by atoms with E-state index in [1.54, 1.807) is 6.07 Å². The van der Waals surface area contributed by atoms with Crippen LogP contribution in [0.3, 0.4) is 0 Å². The van der Waals surface area contributed by atoms with Crippen molar-refractivity contribution in [3.63, 3.8) is 0 Å². The first kappa shape index (κ1) is 25.2. The number of ether oxygens (including phenoxy) is 1. The van der Waals surface area contributed by atoms with Gasteiger partial charge < -0.3 is 19.7 Å². The summed E-state index contributed by atoms with van der Waals surface area (Å²) in [6, 6.07) is 22.1. The lowest BCUT2D eigenvalue weighted by Crippen LogP contribution is -2.26. The predicted octanol–water partition coefficient (Wildman–Crippen LogP) is 5.00. The highest BCUT2D eigenvalue weighted by atomic mass is 16.5. The van der Waals surface area contributed by atoms with Gasteiger partial charge in [0, 0.05) is 36.2 Å². The van der Waals surface area contributed by atoms with Crippen molar-refractivity contribution in [1.29, 1.82) is 5.26 Å². The first-order chi connectivity index (χ1) is 18.5. The van der Waals surface area contributed by atoms with Crippen LogP contribution >= 0.6 is 0 Å². The number of benzene rings is 3. The third kappa shape index (κ3) is 4.67. The molecule has 0 saturated carbocycles. The molecule has 0 bridgehead atoms. The highest BCUT2D eigenvalue weighted by Gasteiger charge is 2.22. The molecular weight excluding hydrogens is 476 g/mol. The van der Waals surface area contributed by atoms with Crippen molar-refractivity contribution in [2.24, 2.45) is 0 Å². The number of rotatable bonds is 7. The van der Waals surface area contributed by atoms with Crippen molar-refractivity contribution in [1.82, 2.24) is 14.9 Å². The zero-order valence-electron chi connectivity index (χ0n) is 21.6. The second-order valence-corrected chi connectivity index (χ2v) is 9.41. The van der Waals surface area contributed by atoms with Crippen LogP contribution in [-0.4, -0.2) is 33.7 Å². The number of aryl methyl sites for hydroxylation is 1. The van der Waals surface area contributed by atoms with Crippen molar-refractivity contribution >= 4 is 22.5 Å². The molecule has 38 heavy (non-hydrogen) atoms. The molecule has 5 rings (SSSR count). The molecule has 0 unspecified atom stereocenters. The number of aliphatic hydroxyl groups is 1. The Hall–Kier alpha value is -4.41. The predicted molar refractivity (Wildman–Crippen MR) is 147 cm³/mol. The molecule has 192 valence electrons. The number of nitrogens with one attached hydrogen (secondary N) is 1. The number of para-hydroxylation sites is 2. The van der Waals surface area contributed by atoms with Gasteiger partial charge in [-0.05, 0) is 54.3 Å². The lowest BCUT2D eigenvalue weighted by atomic mass is 9.90. The Balaban J connectivity index is 1.57. The molecule has 2 heterocycles. The molecule has 0 radical (unpaired) electrons. The van der Waals surface area contributed by atoms with E-state index in [4.69, 9.17) is 14.8 Å². The molecule has 0 aliphatic carbocycles. The summed E-state index contributed by atoms with van der Waals surface area (Å²) in [5.41, 5.74) is 7.64. The lowest BCUT2D eigenvalue weighted by Gasteiger charge is -2.14. The largest absolute Gasteiger partial charge is 0.488 e. The number of carbonyl (C=O) groups excluding carboxylic acids is 1. The number of aromatic nitrogens is 2. The highest BCUT2D eigenvalue weighted by Crippen LogP contribution is 2.39. The number of aliphatic hydroxyl groups excluding tert-OH is 1. The van der Waals surface area contributed by atoms with Gasteiger partial charge in [0.15, 0.2) is 0 Å². The lowest BCUT2D eigenvalue weighted by molar-refractivity contribution is 0.0946. The molecule has 0 saturated heterocycles. The van der Waals surface area contributed by atoms with Gasteiger partial charge in [-0.1, -0.05) is 43.3 Å². The molecule has 0 atom stereocenters. The minimum Gasteiger partial charge on any atom is -0.488 e. The summed E-state index contributed by atoms with van der Waals surface area (Å²) in [6.07, 6.45) is 1.71. The molecule has 1 amide bonds. The quantitative estimate of drug-likeness (QED) is 0.344. The monoisotopic (exact) mass is 506 g/mol. The average Bonchev–Trinajstić information content (AvgIpc) is 3.19. The fourth-order valence-electron chi connectivity index (χ4n) is 5.08. The number of fused-ring (bicyclic) bond motifs is 3. The van der Waals surface area contributed by atoms with Crippen LogP contribution in [-0.2, 0) is 19.6 Å². The van der Waals surface area contributed by atoms with Crippen LogP contribution in [0.25, 0.3) is 16.6 Å². The van der Waals surface area contributed by atoms with Gasteiger partial charge in [0.05, 0.1) is 23.8 Å². The van der Waals surface area contributed by atoms with Crippen molar-refractivity contribution in [3.05, 3.63) is 99.9 Å². The summed E-state index contributed by atoms with van der Waals surface area (Å²) in [5.74, 6) is 1.45. The van der Waals surface area contributed by atoms with E-state index in [2.05, 4.69) is 41.1 Å². The molecular formula is C31H30N4O3. The van der Waals surface area contributed by atoms with E-state index in [0.29, 0.717) is 29.8 Å². The molecule has 7 heteroatoms. The Morgan fingerprint density at radius 1 is 1.16 bits per heavy atom. The number of nitriles is 1. The van der Waals surface area contributed by atoms with E-state index in [1.807, 2.05) is 43.3 Å². The first-order valence-electron chi connectivity index (χ1n) is 12.9. The third-order valence-electron chi connectivity index (χ3n) is 6.84. The van der Waals surface area contributed by atoms with Gasteiger partial charge in [-0.15, -0.1) is 0 Å². The van der Waals surface area contributed by atoms with Crippen LogP contribution in [0.4, 0.5) is 0 Å². The zero-order chi connectivity index (χ0) is 26.6. The van der Waals surface area contributed by atoms with Gasteiger partial charge in [0.2, 0.25) is 0 Å². The Kier molecular flexibility index (Phi) is 7.25. The normalized spacial score (nSPS) is 13.6. The second-order valence-electron chi connectivity index (χ2n) is 9.41. The van der Waals surface area contributed by atoms with Crippen LogP contribution in [0, 0.1) is 11.3 Å². The Morgan fingerprint density at radius 3 is 2.79 bits per heavy atom. The third-order valence-corrected chi connectivity index (χ3v) is 6.84. The fraction of sp³-hybridized carbons (Fsp3) is 0.258. The number of nitrogens with zero attached hydrogens (tertiary/aromatic N) is 3. The maximum Gasteiger partial charge on any atom is 0.253 e. The summed E-state index contributed by atoms with van der Waals surface area (Å²) >= 11 is 0. The number of hydrogen-bond acceptors (Lipinski definition) is 5. The Bertz CT molecular complexity index is 1590. The van der Waals surface area contributed by atoms with E-state index < -0.39 is 0 Å². The van der Waals surface area contributed by atoms with Gasteiger partial charge >= 0.3 is 0 Å². The molecule has 2 N–H and O–H groups in total. The topological polar surface area (TPSA) is 100 Å². The molecule has 1 aromatic heterocycles. The van der Waals surface area contributed by atoms with Crippen LogP contribution < -0.4 is 10.1 Å². The molecule has 4 aromatic rings. The summed E-state index contributed by atoms with van der Waals surface area (Å²) in [6.45, 7) is 5.03. The summed E-state index contributed by atoms with van der Waals surface area (Å²) < 4.78 is 8.35. The standard InChI is InChI=1S/C31H30N4O3/c1-3-7-28-34-30-25(31(37)33-14-15-36)9-6-10-26(30)35(28)18-21-12-13-23-22(16-21)19-38-27-11-5-4-8-24(27)29(23)20(2)17-32/h4-6,8-13,16,36H,3,7,14-15,18-19H2,1-2H3,(H,33,37)/b29-20-. The van der Waals surface area contributed by atoms with Crippen LogP contribution in [0.15, 0.2) is 66.2 Å². The highest BCUT2D eigenvalue weighted by molar-refractivity contribution is 6.05. The summed E-state index contributed by atoms with van der Waals surface area (Å²) in [7, 11) is 0. The average molecular weight is 507 g/mol. The first-order valence-corrected chi connectivity index (χ1v) is 12.9. The summed E-state index contributed by atoms with van der Waals surface area (Å²) in [4.78, 5) is 17.6. The van der Waals surface area contributed by atoms with Crippen molar-refractivity contribution < 1.29 is 14.6 Å². The van der Waals surface area contributed by atoms with Gasteiger partial charge in [0.25, 0.3) is 5.91 Å². The van der Waals surface area contributed by atoms with E-state index >= 15 is 0 Å². The van der Waals surface area contributed by atoms with Gasteiger partial charge in [-0.2, -0.15) is 5.26 Å². The number of allylic oxidation sites excluding steroid dienone is 1. The molecule has 1 aliphatic rings. The molecule has 1 aliphatic heterocycles. The van der Waals surface area contributed by atoms with Crippen molar-refractivity contribution in [2.45, 2.75) is 39.8 Å². The molecule has 0 spiro atoms. The SMILES string of the molecule is CCCc1nc2c(C(=O)NCCO)cccc2n1Cc1ccc2c(c1)COc1ccccc1/C2=C(/C)C#N. The van der Waals surface area contributed by atoms with Gasteiger partial charge in [-0.25, -0.2) is 4.98 Å². The maximum atomic E-state index is 12.7. The van der Waals surface area contributed by atoms with Gasteiger partial charge in [-0.3, -0.25) is 4.79 Å². The number of carbonyl (C=O) groups is 1. The van der Waals surface area contributed by atoms with Gasteiger partial charge in [0.1, 0.15) is 23.7 Å². The maximum absolute atomic E-state index is 12.7. The number of imidazole rings is 1. The van der Waals surface area contributed by atoms with Crippen LogP contribution in [0.5, 0.6) is 5.75 Å². The smallest absolute Gasteiger partial charge is 0.253 e. The fourth-order valence-corrected chi connectivity index (χ4v) is 5.08.